The van der Waals surface area contributed by atoms with Crippen LogP contribution in [0, 0.1) is 50.7 Å². The lowest BCUT2D eigenvalue weighted by molar-refractivity contribution is -0.159. The Hall–Kier alpha value is -11.7. The first-order valence-corrected chi connectivity index (χ1v) is 44.2. The molecule has 3 N–H and O–H groups in total. The van der Waals surface area contributed by atoms with E-state index in [1.165, 1.54) is 40.6 Å². The number of esters is 8. The third kappa shape index (κ3) is 39.1. The number of carbonyl (C=O) groups excluding carboxylic acids is 12. The molecule has 0 radical (unpaired) electrons. The molecule has 0 bridgehead atoms. The lowest BCUT2D eigenvalue weighted by atomic mass is 9.78. The minimum atomic E-state index is -1.20. The van der Waals surface area contributed by atoms with Gasteiger partial charge in [0.25, 0.3) is 0 Å². The van der Waals surface area contributed by atoms with Gasteiger partial charge in [-0.1, -0.05) is 199 Å². The number of hydrogen-bond donors (Lipinski definition) is 3. The van der Waals surface area contributed by atoms with Crippen molar-refractivity contribution in [3.63, 3.8) is 0 Å². The van der Waals surface area contributed by atoms with Crippen LogP contribution in [0.1, 0.15) is 273 Å². The van der Waals surface area contributed by atoms with Crippen molar-refractivity contribution in [2.45, 2.75) is 253 Å². The van der Waals surface area contributed by atoms with E-state index in [2.05, 4.69) is 50.2 Å². The van der Waals surface area contributed by atoms with Gasteiger partial charge in [-0.25, -0.2) is 9.59 Å². The Kier molecular flexibility index (Phi) is 49.2. The number of amides is 4. The lowest BCUT2D eigenvalue weighted by Crippen LogP contribution is -2.41. The molecule has 2 aliphatic heterocycles. The van der Waals surface area contributed by atoms with Crippen molar-refractivity contribution in [3.8, 4) is 5.75 Å². The van der Waals surface area contributed by atoms with Gasteiger partial charge in [0.1, 0.15) is 65.2 Å². The summed E-state index contributed by atoms with van der Waals surface area (Å²) in [4.78, 5) is 174. The number of carboxylic acids is 3. The molecule has 0 aromatic heterocycles. The minimum Gasteiger partial charge on any atom is -0.490 e. The molecule has 0 spiro atoms. The SMILES string of the molecule is CC1C(=O)N(C2CCCCC2)C(=O)C1C.CC1C(=O)N(c2ccccc2)C(=O)C1C.CCC(C)(C)C(=O)OCCOC(=O)CCC(=O)O.CCC(C)(C)C(=O)OCCOC(=O)CCC(=O)O.CCC(C)(C)C(=O)OCCOC(=O)c1ccccc1C(=O)O.CCC(C)(C)C(=O)OCCOc1ccc(C(C)(C)c2ccccc2)cc1.CCC(C)(C)C(=O)OCc1ccccc1. The number of aromatic carboxylic acids is 1. The summed E-state index contributed by atoms with van der Waals surface area (Å²) in [6.07, 6.45) is 8.20. The number of imide groups is 2. The van der Waals surface area contributed by atoms with Crippen LogP contribution in [0.5, 0.6) is 5.75 Å². The van der Waals surface area contributed by atoms with Crippen molar-refractivity contribution >= 4 is 95.0 Å². The summed E-state index contributed by atoms with van der Waals surface area (Å²) < 4.78 is 45.5. The molecule has 1 saturated carbocycles. The smallest absolute Gasteiger partial charge is 0.339 e. The summed E-state index contributed by atoms with van der Waals surface area (Å²) in [6.45, 7) is 40.3. The number of rotatable bonds is 37. The summed E-state index contributed by atoms with van der Waals surface area (Å²) in [6, 6.07) is 43.3. The Labute approximate surface area is 761 Å². The second kappa shape index (κ2) is 55.9. The number of likely N-dealkylation sites (tertiary alicyclic amines) is 1. The van der Waals surface area contributed by atoms with Crippen LogP contribution in [0.4, 0.5) is 5.69 Å². The molecule has 2 heterocycles. The first kappa shape index (κ1) is 113. The van der Waals surface area contributed by atoms with E-state index in [1.807, 2.05) is 143 Å². The number of nitrogens with zero attached hydrogens (tertiary/aromatic N) is 2. The molecule has 5 aromatic carbocycles. The largest absolute Gasteiger partial charge is 0.490 e. The molecule has 3 aliphatic rings. The number of ether oxygens (including phenoxy) is 9. The summed E-state index contributed by atoms with van der Waals surface area (Å²) in [5.74, 6) is -6.59. The van der Waals surface area contributed by atoms with Gasteiger partial charge in [0.15, 0.2) is 0 Å². The molecule has 3 fully saturated rings. The Balaban J connectivity index is 0.000000514. The van der Waals surface area contributed by atoms with Gasteiger partial charge in [0.2, 0.25) is 23.6 Å². The highest BCUT2D eigenvalue weighted by Crippen LogP contribution is 2.36. The van der Waals surface area contributed by atoms with E-state index in [9.17, 15) is 71.9 Å². The molecule has 29 heteroatoms. The van der Waals surface area contributed by atoms with Crippen LogP contribution >= 0.6 is 0 Å². The van der Waals surface area contributed by atoms with Crippen molar-refractivity contribution in [2.75, 3.05) is 57.8 Å². The minimum absolute atomic E-state index is 0.0128. The Morgan fingerprint density at radius 1 is 0.349 bits per heavy atom. The van der Waals surface area contributed by atoms with E-state index >= 15 is 0 Å². The molecule has 8 rings (SSSR count). The van der Waals surface area contributed by atoms with Crippen LogP contribution in [0.3, 0.4) is 0 Å². The van der Waals surface area contributed by atoms with Crippen LogP contribution in [0.2, 0.25) is 0 Å². The molecule has 129 heavy (non-hydrogen) atoms. The molecule has 4 unspecified atom stereocenters. The quantitative estimate of drug-likeness (QED) is 0.0144. The fourth-order valence-electron chi connectivity index (χ4n) is 11.5. The van der Waals surface area contributed by atoms with Crippen molar-refractivity contribution in [3.05, 3.63) is 167 Å². The van der Waals surface area contributed by atoms with E-state index in [-0.39, 0.29) is 177 Å². The first-order chi connectivity index (χ1) is 60.5. The summed E-state index contributed by atoms with van der Waals surface area (Å²) >= 11 is 0. The molecule has 712 valence electrons. The third-order valence-corrected chi connectivity index (χ3v) is 23.2. The first-order valence-electron chi connectivity index (χ1n) is 44.2. The van der Waals surface area contributed by atoms with Crippen LogP contribution in [-0.2, 0) is 112 Å². The van der Waals surface area contributed by atoms with Gasteiger partial charge in [-0.05, 0) is 167 Å². The van der Waals surface area contributed by atoms with Crippen molar-refractivity contribution < 1.29 is 130 Å². The number of carbonyl (C=O) groups is 15. The average Bonchev–Trinajstić information content (AvgIpc) is 1.63. The van der Waals surface area contributed by atoms with E-state index in [4.69, 9.17) is 58.0 Å². The molecule has 5 aromatic rings. The van der Waals surface area contributed by atoms with E-state index in [0.717, 1.165) is 49.8 Å². The number of carboxylic acid groups (broad SMARTS) is 3. The predicted molar refractivity (Wildman–Crippen MR) is 485 cm³/mol. The number of anilines is 1. The van der Waals surface area contributed by atoms with E-state index in [1.54, 1.807) is 78.5 Å². The van der Waals surface area contributed by atoms with Crippen molar-refractivity contribution in [1.29, 1.82) is 0 Å². The van der Waals surface area contributed by atoms with Gasteiger partial charge in [-0.2, -0.15) is 0 Å². The monoisotopic (exact) mass is 1800 g/mol. The normalized spacial score (nSPS) is 15.5. The standard InChI is InChI=1S/C23H30O3.C16H20O6.C13H18O2.C12H19NO2.C12H13NO2.2C12H20O6/c1-6-22(2,3)21(24)26-17-16-25-20-14-12-19(13-15-20)23(4,5)18-10-8-7-9-11-18;1-4-16(2,3)15(20)22-10-9-21-14(19)12-8-6-5-7-11(12)13(17)18;1-4-13(2,3)12(14)15-10-11-8-6-5-7-9-11;2*1-8-9(2)12(15)13(11(8)14)10-6-4-3-5-7-10;2*1-4-12(2,3)11(16)18-8-7-17-10(15)6-5-9(13)14/h7-15H,6,16-17H2,1-5H3;5-8H,4,9-10H2,1-3H3,(H,17,18);5-9H,4,10H2,1-3H3;8-10H,3-7H2,1-2H3;3-9H,1-2H3;2*4-8H2,1-3H3,(H,13,14). The Morgan fingerprint density at radius 2 is 0.667 bits per heavy atom. The third-order valence-electron chi connectivity index (χ3n) is 23.2. The second-order valence-electron chi connectivity index (χ2n) is 35.2. The average molecular weight is 1800 g/mol. The van der Waals surface area contributed by atoms with Crippen molar-refractivity contribution in [2.24, 2.45) is 50.7 Å². The van der Waals surface area contributed by atoms with Gasteiger partial charge in [-0.3, -0.25) is 72.1 Å². The van der Waals surface area contributed by atoms with Crippen LogP contribution in [-0.4, -0.2) is 168 Å². The molecular formula is C100H140N2O27. The van der Waals surface area contributed by atoms with Gasteiger partial charge in [-0.15, -0.1) is 0 Å². The van der Waals surface area contributed by atoms with Gasteiger partial charge < -0.3 is 58.0 Å². The lowest BCUT2D eigenvalue weighted by Gasteiger charge is -2.29. The second-order valence-corrected chi connectivity index (χ2v) is 35.2. The highest BCUT2D eigenvalue weighted by atomic mass is 16.6. The van der Waals surface area contributed by atoms with Crippen LogP contribution < -0.4 is 9.64 Å². The molecule has 1 aliphatic carbocycles. The molecule has 4 atom stereocenters. The van der Waals surface area contributed by atoms with Gasteiger partial charge in [0.05, 0.1) is 69.6 Å². The fraction of sp³-hybridized carbons (Fsp3) is 0.550. The molecule has 29 nitrogen and oxygen atoms in total. The highest BCUT2D eigenvalue weighted by Gasteiger charge is 2.46. The van der Waals surface area contributed by atoms with Crippen molar-refractivity contribution in [1.82, 2.24) is 4.90 Å². The summed E-state index contributed by atoms with van der Waals surface area (Å²) in [7, 11) is 0. The molecular weight excluding hydrogens is 1660 g/mol. The highest BCUT2D eigenvalue weighted by molar-refractivity contribution is 6.21. The Morgan fingerprint density at radius 3 is 1.04 bits per heavy atom. The maximum atomic E-state index is 11.9. The van der Waals surface area contributed by atoms with Crippen LogP contribution in [0.15, 0.2) is 140 Å². The number of aliphatic carboxylic acids is 2. The predicted octanol–water partition coefficient (Wildman–Crippen LogP) is 17.6. The van der Waals surface area contributed by atoms with E-state index < -0.39 is 57.5 Å². The Bertz CT molecular complexity index is 4310. The zero-order valence-corrected chi connectivity index (χ0v) is 79.5. The van der Waals surface area contributed by atoms with Gasteiger partial charge in [0, 0.05) is 35.1 Å². The topological polar surface area (TPSA) is 406 Å². The molecule has 2 saturated heterocycles. The van der Waals surface area contributed by atoms with Crippen LogP contribution in [0.25, 0.3) is 0 Å². The number of para-hydroxylation sites is 1. The maximum absolute atomic E-state index is 11.9. The zero-order chi connectivity index (χ0) is 97.6. The number of benzene rings is 5. The number of hydrogen-bond acceptors (Lipinski definition) is 24. The summed E-state index contributed by atoms with van der Waals surface area (Å²) in [5.41, 5.74) is 1.47. The maximum Gasteiger partial charge on any atom is 0.339 e. The molecule has 4 amide bonds. The van der Waals surface area contributed by atoms with Gasteiger partial charge >= 0.3 is 65.7 Å². The fourth-order valence-corrected chi connectivity index (χ4v) is 11.5. The summed E-state index contributed by atoms with van der Waals surface area (Å²) in [5, 5.41) is 25.7. The zero-order valence-electron chi connectivity index (χ0n) is 79.5. The van der Waals surface area contributed by atoms with E-state index in [0.29, 0.717) is 38.2 Å².